The predicted molar refractivity (Wildman–Crippen MR) is 76.2 cm³/mol. The maximum Gasteiger partial charge on any atom is 0.221 e. The first-order valence-corrected chi connectivity index (χ1v) is 6.71. The Morgan fingerprint density at radius 1 is 1.42 bits per heavy atom. The van der Waals surface area contributed by atoms with Crippen LogP contribution in [0.25, 0.3) is 0 Å². The lowest BCUT2D eigenvalue weighted by molar-refractivity contribution is 0.475. The van der Waals surface area contributed by atoms with Gasteiger partial charge in [-0.15, -0.1) is 0 Å². The van der Waals surface area contributed by atoms with E-state index in [1.54, 1.807) is 0 Å². The quantitative estimate of drug-likeness (QED) is 0.810. The summed E-state index contributed by atoms with van der Waals surface area (Å²) >= 11 is 0. The third-order valence-electron chi connectivity index (χ3n) is 3.46. The number of anilines is 2. The van der Waals surface area contributed by atoms with Crippen LogP contribution in [0.4, 0.5) is 11.6 Å². The number of nitrogen functional groups attached to an aromatic ring is 1. The fourth-order valence-corrected chi connectivity index (χ4v) is 2.44. The maximum atomic E-state index is 5.88. The maximum absolute atomic E-state index is 5.88. The molecule has 5 nitrogen and oxygen atoms in total. The highest BCUT2D eigenvalue weighted by molar-refractivity contribution is 5.43. The van der Waals surface area contributed by atoms with E-state index in [-0.39, 0.29) is 6.04 Å². The standard InChI is InChI=1S/C14H19N5/c1-9(2)13-17-14-16-7-6-12(19(14)18-13)10-4-3-5-11(15)8-10/h3-5,8-9,12H,6-7,15H2,1-2H3,(H,16,17,18). The van der Waals surface area contributed by atoms with E-state index in [1.165, 1.54) is 5.56 Å². The van der Waals surface area contributed by atoms with E-state index >= 15 is 0 Å². The molecule has 3 N–H and O–H groups in total. The molecule has 0 amide bonds. The monoisotopic (exact) mass is 257 g/mol. The zero-order chi connectivity index (χ0) is 13.4. The van der Waals surface area contributed by atoms with Crippen LogP contribution >= 0.6 is 0 Å². The van der Waals surface area contributed by atoms with Crippen LogP contribution in [-0.4, -0.2) is 21.3 Å². The summed E-state index contributed by atoms with van der Waals surface area (Å²) in [6, 6.07) is 8.25. The van der Waals surface area contributed by atoms with Crippen molar-refractivity contribution in [2.24, 2.45) is 0 Å². The fourth-order valence-electron chi connectivity index (χ4n) is 2.44. The summed E-state index contributed by atoms with van der Waals surface area (Å²) in [5, 5.41) is 7.95. The summed E-state index contributed by atoms with van der Waals surface area (Å²) in [6.07, 6.45) is 0.997. The minimum absolute atomic E-state index is 0.222. The number of aromatic nitrogens is 3. The van der Waals surface area contributed by atoms with Gasteiger partial charge >= 0.3 is 0 Å². The SMILES string of the molecule is CC(C)c1nc2n(n1)C(c1cccc(N)c1)CCN2. The molecule has 0 bridgehead atoms. The fraction of sp³-hybridized carbons (Fsp3) is 0.429. The van der Waals surface area contributed by atoms with Crippen molar-refractivity contribution in [2.45, 2.75) is 32.2 Å². The van der Waals surface area contributed by atoms with Gasteiger partial charge in [0.15, 0.2) is 5.82 Å². The first-order chi connectivity index (χ1) is 9.15. The third-order valence-corrected chi connectivity index (χ3v) is 3.46. The molecule has 1 atom stereocenters. The van der Waals surface area contributed by atoms with E-state index in [9.17, 15) is 0 Å². The predicted octanol–water partition coefficient (Wildman–Crippen LogP) is 2.39. The molecule has 0 saturated carbocycles. The Hall–Kier alpha value is -2.04. The van der Waals surface area contributed by atoms with Crippen LogP contribution in [0, 0.1) is 0 Å². The first kappa shape index (κ1) is 12.0. The van der Waals surface area contributed by atoms with Crippen molar-refractivity contribution < 1.29 is 0 Å². The van der Waals surface area contributed by atoms with Crippen LogP contribution in [0.3, 0.4) is 0 Å². The van der Waals surface area contributed by atoms with E-state index in [0.29, 0.717) is 5.92 Å². The Kier molecular flexibility index (Phi) is 2.89. The van der Waals surface area contributed by atoms with Crippen molar-refractivity contribution in [1.29, 1.82) is 0 Å². The molecule has 1 aliphatic heterocycles. The van der Waals surface area contributed by atoms with Crippen molar-refractivity contribution in [2.75, 3.05) is 17.6 Å². The van der Waals surface area contributed by atoms with Crippen molar-refractivity contribution in [3.05, 3.63) is 35.7 Å². The van der Waals surface area contributed by atoms with Crippen LogP contribution < -0.4 is 11.1 Å². The van der Waals surface area contributed by atoms with E-state index < -0.39 is 0 Å². The second kappa shape index (κ2) is 4.57. The minimum Gasteiger partial charge on any atom is -0.399 e. The van der Waals surface area contributed by atoms with Gasteiger partial charge in [-0.2, -0.15) is 10.1 Å². The van der Waals surface area contributed by atoms with Crippen LogP contribution in [0.5, 0.6) is 0 Å². The van der Waals surface area contributed by atoms with Gasteiger partial charge in [0.1, 0.15) is 0 Å². The zero-order valence-electron chi connectivity index (χ0n) is 11.3. The molecule has 100 valence electrons. The number of benzene rings is 1. The average Bonchev–Trinajstić information content (AvgIpc) is 2.82. The number of fused-ring (bicyclic) bond motifs is 1. The van der Waals surface area contributed by atoms with Crippen LogP contribution in [0.2, 0.25) is 0 Å². The van der Waals surface area contributed by atoms with Crippen molar-refractivity contribution in [3.8, 4) is 0 Å². The largest absolute Gasteiger partial charge is 0.399 e. The Balaban J connectivity index is 2.02. The molecule has 0 saturated heterocycles. The second-order valence-corrected chi connectivity index (χ2v) is 5.29. The molecule has 2 aromatic rings. The van der Waals surface area contributed by atoms with E-state index in [2.05, 4.69) is 35.3 Å². The lowest BCUT2D eigenvalue weighted by Gasteiger charge is -2.24. The third kappa shape index (κ3) is 2.16. The van der Waals surface area contributed by atoms with Crippen molar-refractivity contribution in [1.82, 2.24) is 14.8 Å². The first-order valence-electron chi connectivity index (χ1n) is 6.71. The number of nitrogens with zero attached hydrogens (tertiary/aromatic N) is 3. The molecule has 3 rings (SSSR count). The van der Waals surface area contributed by atoms with Gasteiger partial charge in [0, 0.05) is 18.2 Å². The topological polar surface area (TPSA) is 68.8 Å². The van der Waals surface area contributed by atoms with Gasteiger partial charge in [0.05, 0.1) is 6.04 Å². The summed E-state index contributed by atoms with van der Waals surface area (Å²) in [5.41, 5.74) is 7.87. The average molecular weight is 257 g/mol. The van der Waals surface area contributed by atoms with Crippen LogP contribution in [0.1, 0.15) is 43.6 Å². The Morgan fingerprint density at radius 3 is 3.00 bits per heavy atom. The smallest absolute Gasteiger partial charge is 0.221 e. The summed E-state index contributed by atoms with van der Waals surface area (Å²) in [7, 11) is 0. The zero-order valence-corrected chi connectivity index (χ0v) is 11.3. The highest BCUT2D eigenvalue weighted by Crippen LogP contribution is 2.30. The van der Waals surface area contributed by atoms with Crippen molar-refractivity contribution in [3.63, 3.8) is 0 Å². The molecule has 1 aromatic heterocycles. The molecule has 19 heavy (non-hydrogen) atoms. The molecule has 2 heterocycles. The van der Waals surface area contributed by atoms with Gasteiger partial charge in [-0.05, 0) is 24.1 Å². The molecular weight excluding hydrogens is 238 g/mol. The molecule has 1 aromatic carbocycles. The second-order valence-electron chi connectivity index (χ2n) is 5.29. The molecule has 5 heteroatoms. The number of hydrogen-bond donors (Lipinski definition) is 2. The van der Waals surface area contributed by atoms with Gasteiger partial charge in [0.2, 0.25) is 5.95 Å². The number of nitrogens with one attached hydrogen (secondary N) is 1. The molecule has 1 aliphatic rings. The minimum atomic E-state index is 0.222. The van der Waals surface area contributed by atoms with Gasteiger partial charge in [-0.25, -0.2) is 4.68 Å². The normalized spacial score (nSPS) is 18.2. The molecular formula is C14H19N5. The van der Waals surface area contributed by atoms with Gasteiger partial charge < -0.3 is 11.1 Å². The van der Waals surface area contributed by atoms with Crippen LogP contribution in [-0.2, 0) is 0 Å². The van der Waals surface area contributed by atoms with E-state index in [1.807, 2.05) is 22.9 Å². The van der Waals surface area contributed by atoms with E-state index in [4.69, 9.17) is 5.73 Å². The summed E-state index contributed by atoms with van der Waals surface area (Å²) in [4.78, 5) is 4.56. The van der Waals surface area contributed by atoms with Gasteiger partial charge in [-0.1, -0.05) is 26.0 Å². The van der Waals surface area contributed by atoms with Gasteiger partial charge in [0.25, 0.3) is 0 Å². The summed E-state index contributed by atoms with van der Waals surface area (Å²) < 4.78 is 1.99. The molecule has 1 unspecified atom stereocenters. The van der Waals surface area contributed by atoms with Crippen LogP contribution in [0.15, 0.2) is 24.3 Å². The Bertz CT molecular complexity index is 587. The van der Waals surface area contributed by atoms with E-state index in [0.717, 1.165) is 30.4 Å². The number of nitrogens with two attached hydrogens (primary N) is 1. The van der Waals surface area contributed by atoms with Gasteiger partial charge in [-0.3, -0.25) is 0 Å². The highest BCUT2D eigenvalue weighted by atomic mass is 15.4. The lowest BCUT2D eigenvalue weighted by atomic mass is 10.0. The molecule has 0 spiro atoms. The summed E-state index contributed by atoms with van der Waals surface area (Å²) in [5.74, 6) is 2.09. The highest BCUT2D eigenvalue weighted by Gasteiger charge is 2.25. The summed E-state index contributed by atoms with van der Waals surface area (Å²) in [6.45, 7) is 5.13. The molecule has 0 fully saturated rings. The molecule has 0 radical (unpaired) electrons. The Morgan fingerprint density at radius 2 is 2.26 bits per heavy atom. The number of rotatable bonds is 2. The lowest BCUT2D eigenvalue weighted by Crippen LogP contribution is -2.24. The molecule has 0 aliphatic carbocycles. The number of hydrogen-bond acceptors (Lipinski definition) is 4. The Labute approximate surface area is 112 Å². The van der Waals surface area contributed by atoms with Crippen molar-refractivity contribution >= 4 is 11.6 Å².